The molecule has 0 bridgehead atoms. The minimum absolute atomic E-state index is 0. The molecule has 1 aromatic carbocycles. The third kappa shape index (κ3) is 2.76. The van der Waals surface area contributed by atoms with E-state index in [-0.39, 0.29) is 29.6 Å². The molecule has 1 heterocycles. The van der Waals surface area contributed by atoms with Crippen molar-refractivity contribution in [3.05, 3.63) is 29.3 Å². The minimum atomic E-state index is 0. The van der Waals surface area contributed by atoms with Crippen molar-refractivity contribution in [2.45, 2.75) is 18.6 Å². The second-order valence-electron chi connectivity index (χ2n) is 3.06. The first-order valence-corrected chi connectivity index (χ1v) is 5.37. The number of aromatic nitrogens is 3. The summed E-state index contributed by atoms with van der Waals surface area (Å²) >= 11 is 10.9. The van der Waals surface area contributed by atoms with Crippen molar-refractivity contribution in [3.8, 4) is 11.4 Å². The molecule has 0 aliphatic carbocycles. The Kier molecular flexibility index (Phi) is 5.21. The normalized spacial score (nSPS) is 9.88. The fraction of sp³-hybridized carbons (Fsp3) is 0.200. The van der Waals surface area contributed by atoms with Gasteiger partial charge in [-0.1, -0.05) is 11.6 Å². The van der Waals surface area contributed by atoms with Crippen molar-refractivity contribution >= 4 is 24.2 Å². The van der Waals surface area contributed by atoms with Gasteiger partial charge in [0.25, 0.3) is 0 Å². The largest absolute Gasteiger partial charge is 1.00 e. The van der Waals surface area contributed by atoms with Gasteiger partial charge in [0.15, 0.2) is 5.82 Å². The van der Waals surface area contributed by atoms with Crippen molar-refractivity contribution in [1.29, 1.82) is 0 Å². The van der Waals surface area contributed by atoms with Crippen LogP contribution in [0.3, 0.4) is 0 Å². The standard InChI is InChI=1S/C10H10ClN3S.Na/c1-2-14-9(12-13-10(14)15)7-3-5-8(11)6-4-7;/h3-6H,2H2,1H3,(H,13,15);/q;+1/p-1. The summed E-state index contributed by atoms with van der Waals surface area (Å²) < 4.78 is 1.89. The van der Waals surface area contributed by atoms with Gasteiger partial charge >= 0.3 is 29.6 Å². The number of halogens is 1. The molecule has 0 aliphatic rings. The third-order valence-electron chi connectivity index (χ3n) is 2.14. The van der Waals surface area contributed by atoms with Gasteiger partial charge in [0.2, 0.25) is 0 Å². The molecule has 0 amide bonds. The van der Waals surface area contributed by atoms with Gasteiger partial charge in [0.05, 0.1) is 0 Å². The Morgan fingerprint density at radius 2 is 1.88 bits per heavy atom. The van der Waals surface area contributed by atoms with Gasteiger partial charge in [-0.2, -0.15) is 5.10 Å². The molecule has 2 rings (SSSR count). The summed E-state index contributed by atoms with van der Waals surface area (Å²) in [6.07, 6.45) is 0. The van der Waals surface area contributed by atoms with Gasteiger partial charge in [-0.25, -0.2) is 0 Å². The van der Waals surface area contributed by atoms with Gasteiger partial charge in [-0.3, -0.25) is 0 Å². The molecule has 2 aromatic rings. The topological polar surface area (TPSA) is 30.7 Å². The molecule has 0 radical (unpaired) electrons. The van der Waals surface area contributed by atoms with Crippen molar-refractivity contribution in [1.82, 2.24) is 14.8 Å². The van der Waals surface area contributed by atoms with E-state index in [1.165, 1.54) is 0 Å². The van der Waals surface area contributed by atoms with Crippen molar-refractivity contribution < 1.29 is 29.6 Å². The Balaban J connectivity index is 0.00000128. The first-order chi connectivity index (χ1) is 7.22. The van der Waals surface area contributed by atoms with Gasteiger partial charge in [-0.15, -0.1) is 5.10 Å². The summed E-state index contributed by atoms with van der Waals surface area (Å²) in [6, 6.07) is 7.48. The van der Waals surface area contributed by atoms with E-state index in [4.69, 9.17) is 24.2 Å². The van der Waals surface area contributed by atoms with Crippen LogP contribution in [0.15, 0.2) is 29.4 Å². The summed E-state index contributed by atoms with van der Waals surface area (Å²) in [6.45, 7) is 2.78. The SMILES string of the molecule is CCn1c([S-])nnc1-c1ccc(Cl)cc1.[Na+]. The number of benzene rings is 1. The van der Waals surface area contributed by atoms with Gasteiger partial charge in [0.1, 0.15) is 0 Å². The monoisotopic (exact) mass is 261 g/mol. The molecule has 78 valence electrons. The second kappa shape index (κ2) is 5.98. The summed E-state index contributed by atoms with van der Waals surface area (Å²) in [5, 5.41) is 9.16. The summed E-state index contributed by atoms with van der Waals surface area (Å²) in [5.41, 5.74) is 0.977. The molecule has 0 spiro atoms. The third-order valence-corrected chi connectivity index (χ3v) is 2.69. The molecule has 0 unspecified atom stereocenters. The quantitative estimate of drug-likeness (QED) is 0.541. The van der Waals surface area contributed by atoms with Crippen LogP contribution in [0.2, 0.25) is 5.02 Å². The molecule has 0 atom stereocenters. The number of hydrogen-bond donors (Lipinski definition) is 0. The maximum Gasteiger partial charge on any atom is 1.00 e. The first kappa shape index (κ1) is 13.9. The molecule has 0 saturated carbocycles. The summed E-state index contributed by atoms with van der Waals surface area (Å²) in [4.78, 5) is 0. The van der Waals surface area contributed by atoms with Crippen LogP contribution >= 0.6 is 11.6 Å². The predicted octanol–water partition coefficient (Wildman–Crippen LogP) is -0.472. The molecule has 16 heavy (non-hydrogen) atoms. The zero-order valence-electron chi connectivity index (χ0n) is 9.14. The number of hydrogen-bond acceptors (Lipinski definition) is 3. The summed E-state index contributed by atoms with van der Waals surface area (Å²) in [5.74, 6) is 0.791. The average molecular weight is 262 g/mol. The number of nitrogens with zero attached hydrogens (tertiary/aromatic N) is 3. The second-order valence-corrected chi connectivity index (χ2v) is 3.86. The maximum absolute atomic E-state index is 5.81. The van der Waals surface area contributed by atoms with Crippen LogP contribution < -0.4 is 29.6 Å². The molecule has 6 heteroatoms. The van der Waals surface area contributed by atoms with Crippen molar-refractivity contribution in [3.63, 3.8) is 0 Å². The van der Waals surface area contributed by atoms with Crippen molar-refractivity contribution in [2.24, 2.45) is 0 Å². The van der Waals surface area contributed by atoms with E-state index < -0.39 is 0 Å². The van der Waals surface area contributed by atoms with E-state index in [2.05, 4.69) is 10.2 Å². The van der Waals surface area contributed by atoms with E-state index in [1.54, 1.807) is 0 Å². The van der Waals surface area contributed by atoms with E-state index in [0.717, 1.165) is 17.9 Å². The Labute approximate surface area is 127 Å². The molecular formula is C10H9ClN3NaS. The fourth-order valence-corrected chi connectivity index (χ4v) is 1.77. The summed E-state index contributed by atoms with van der Waals surface area (Å²) in [7, 11) is 0. The smallest absolute Gasteiger partial charge is 0.740 e. The Hall–Kier alpha value is -0.130. The van der Waals surface area contributed by atoms with Crippen LogP contribution in [0.25, 0.3) is 11.4 Å². The molecule has 0 fully saturated rings. The van der Waals surface area contributed by atoms with Crippen LogP contribution in [0.4, 0.5) is 0 Å². The van der Waals surface area contributed by atoms with Crippen LogP contribution in [0, 0.1) is 0 Å². The molecule has 3 nitrogen and oxygen atoms in total. The van der Waals surface area contributed by atoms with Crippen LogP contribution in [0.1, 0.15) is 6.92 Å². The predicted molar refractivity (Wildman–Crippen MR) is 61.8 cm³/mol. The van der Waals surface area contributed by atoms with Crippen LogP contribution in [0.5, 0.6) is 0 Å². The molecule has 0 aliphatic heterocycles. The number of rotatable bonds is 2. The van der Waals surface area contributed by atoms with E-state index in [1.807, 2.05) is 35.8 Å². The first-order valence-electron chi connectivity index (χ1n) is 4.58. The van der Waals surface area contributed by atoms with Crippen molar-refractivity contribution in [2.75, 3.05) is 0 Å². The molecular weight excluding hydrogens is 253 g/mol. The van der Waals surface area contributed by atoms with Gasteiger partial charge in [0, 0.05) is 22.3 Å². The Morgan fingerprint density at radius 1 is 1.25 bits per heavy atom. The van der Waals surface area contributed by atoms with E-state index in [9.17, 15) is 0 Å². The zero-order chi connectivity index (χ0) is 10.8. The van der Waals surface area contributed by atoms with E-state index in [0.29, 0.717) is 10.2 Å². The Bertz CT molecular complexity index is 469. The van der Waals surface area contributed by atoms with Crippen LogP contribution in [-0.2, 0) is 19.2 Å². The average Bonchev–Trinajstić information content (AvgIpc) is 2.61. The van der Waals surface area contributed by atoms with Crippen LogP contribution in [-0.4, -0.2) is 14.8 Å². The molecule has 0 saturated heterocycles. The molecule has 0 N–H and O–H groups in total. The van der Waals surface area contributed by atoms with E-state index >= 15 is 0 Å². The van der Waals surface area contributed by atoms with Gasteiger partial charge in [-0.05, 0) is 31.2 Å². The fourth-order valence-electron chi connectivity index (χ4n) is 1.39. The molecule has 1 aromatic heterocycles. The van der Waals surface area contributed by atoms with Gasteiger partial charge < -0.3 is 17.2 Å². The zero-order valence-corrected chi connectivity index (χ0v) is 12.7. The maximum atomic E-state index is 5.81. The minimum Gasteiger partial charge on any atom is -0.740 e. The Morgan fingerprint density at radius 3 is 2.44 bits per heavy atom.